The van der Waals surface area contributed by atoms with Gasteiger partial charge in [-0.25, -0.2) is 9.69 Å². The highest BCUT2D eigenvalue weighted by Gasteiger charge is 2.41. The van der Waals surface area contributed by atoms with Crippen LogP contribution >= 0.6 is 11.6 Å². The summed E-state index contributed by atoms with van der Waals surface area (Å²) in [5.41, 5.74) is 1.50. The lowest BCUT2D eigenvalue weighted by Gasteiger charge is -2.24. The minimum Gasteiger partial charge on any atom is -0.447 e. The molecule has 5 nitrogen and oxygen atoms in total. The first-order valence-electron chi connectivity index (χ1n) is 8.01. The number of hydrogen-bond donors (Lipinski definition) is 1. The third-order valence-electron chi connectivity index (χ3n) is 4.27. The topological polar surface area (TPSA) is 66.8 Å². The largest absolute Gasteiger partial charge is 0.447 e. The average Bonchev–Trinajstić information content (AvgIpc) is 2.98. The number of ether oxygens (including phenoxy) is 1. The lowest BCUT2D eigenvalue weighted by molar-refractivity contribution is -0.131. The Kier molecular flexibility index (Phi) is 5.36. The zero-order valence-corrected chi connectivity index (χ0v) is 14.2. The van der Waals surface area contributed by atoms with Crippen LogP contribution in [0.1, 0.15) is 17.0 Å². The molecule has 6 heteroatoms. The molecule has 0 bridgehead atoms. The van der Waals surface area contributed by atoms with Gasteiger partial charge in [-0.05, 0) is 23.6 Å². The number of cyclic esters (lactones) is 1. The summed E-state index contributed by atoms with van der Waals surface area (Å²) >= 11 is 6.15. The molecule has 0 spiro atoms. The van der Waals surface area contributed by atoms with Gasteiger partial charge in [0.2, 0.25) is 5.91 Å². The third kappa shape index (κ3) is 3.67. The van der Waals surface area contributed by atoms with Crippen LogP contribution in [0.15, 0.2) is 54.6 Å². The van der Waals surface area contributed by atoms with E-state index < -0.39 is 30.6 Å². The Balaban J connectivity index is 1.85. The van der Waals surface area contributed by atoms with Crippen molar-refractivity contribution in [2.75, 3.05) is 13.2 Å². The van der Waals surface area contributed by atoms with Crippen molar-refractivity contribution >= 4 is 23.6 Å². The number of aliphatic hydroxyl groups is 1. The monoisotopic (exact) mass is 359 g/mol. The minimum atomic E-state index is -0.905. The van der Waals surface area contributed by atoms with Crippen LogP contribution in [0.4, 0.5) is 4.79 Å². The van der Waals surface area contributed by atoms with Gasteiger partial charge in [0, 0.05) is 5.02 Å². The first kappa shape index (κ1) is 17.5. The fraction of sp³-hybridized carbons (Fsp3) is 0.263. The van der Waals surface area contributed by atoms with Gasteiger partial charge in [0.15, 0.2) is 0 Å². The Labute approximate surface area is 150 Å². The average molecular weight is 360 g/mol. The summed E-state index contributed by atoms with van der Waals surface area (Å²) in [6.07, 6.45) is -0.185. The normalized spacial score (nSPS) is 18.1. The molecule has 1 aliphatic rings. The van der Waals surface area contributed by atoms with Crippen molar-refractivity contribution in [2.45, 2.75) is 18.4 Å². The van der Waals surface area contributed by atoms with Gasteiger partial charge in [-0.3, -0.25) is 4.79 Å². The van der Waals surface area contributed by atoms with Gasteiger partial charge in [0.1, 0.15) is 6.61 Å². The molecular formula is C19H18ClNO4. The van der Waals surface area contributed by atoms with Crippen LogP contribution in [-0.2, 0) is 16.0 Å². The van der Waals surface area contributed by atoms with E-state index in [9.17, 15) is 14.7 Å². The van der Waals surface area contributed by atoms with Crippen LogP contribution in [0, 0.1) is 0 Å². The maximum Gasteiger partial charge on any atom is 0.417 e. The van der Waals surface area contributed by atoms with Gasteiger partial charge in [0.25, 0.3) is 0 Å². The number of imide groups is 1. The number of hydrogen-bond acceptors (Lipinski definition) is 4. The van der Waals surface area contributed by atoms with E-state index in [1.54, 1.807) is 24.3 Å². The summed E-state index contributed by atoms with van der Waals surface area (Å²) in [5.74, 6) is -1.41. The molecule has 0 saturated carbocycles. The second kappa shape index (κ2) is 7.68. The first-order valence-corrected chi connectivity index (χ1v) is 8.38. The van der Waals surface area contributed by atoms with E-state index in [1.807, 2.05) is 30.3 Å². The standard InChI is InChI=1S/C19H18ClNO4/c20-17-9-5-4-8-15(17)16(11-22)18(23)21-14(12-25-19(21)24)10-13-6-2-1-3-7-13/h1-9,14,16,22H,10-12H2/t14-,16-/m1/s1. The predicted octanol–water partition coefficient (Wildman–Crippen LogP) is 3.01. The molecular weight excluding hydrogens is 342 g/mol. The van der Waals surface area contributed by atoms with Crippen molar-refractivity contribution in [3.05, 3.63) is 70.7 Å². The highest BCUT2D eigenvalue weighted by atomic mass is 35.5. The summed E-state index contributed by atoms with van der Waals surface area (Å²) in [6.45, 7) is -0.301. The second-order valence-electron chi connectivity index (χ2n) is 5.89. The molecule has 0 aromatic heterocycles. The molecule has 0 unspecified atom stereocenters. The lowest BCUT2D eigenvalue weighted by atomic mass is 9.97. The molecule has 0 radical (unpaired) electrons. The van der Waals surface area contributed by atoms with Gasteiger partial charge < -0.3 is 9.84 Å². The molecule has 2 atom stereocenters. The van der Waals surface area contributed by atoms with Crippen molar-refractivity contribution < 1.29 is 19.4 Å². The molecule has 2 amide bonds. The van der Waals surface area contributed by atoms with E-state index >= 15 is 0 Å². The summed E-state index contributed by atoms with van der Waals surface area (Å²) in [5, 5.41) is 10.1. The van der Waals surface area contributed by atoms with Gasteiger partial charge in [-0.15, -0.1) is 0 Å². The Morgan fingerprint density at radius 3 is 2.56 bits per heavy atom. The SMILES string of the molecule is O=C1OC[C@@H](Cc2ccccc2)N1C(=O)[C@H](CO)c1ccccc1Cl. The summed E-state index contributed by atoms with van der Waals surface area (Å²) < 4.78 is 5.08. The molecule has 1 heterocycles. The summed E-state index contributed by atoms with van der Waals surface area (Å²) in [7, 11) is 0. The number of carbonyl (C=O) groups excluding carboxylic acids is 2. The number of amides is 2. The molecule has 25 heavy (non-hydrogen) atoms. The molecule has 1 fully saturated rings. The highest BCUT2D eigenvalue weighted by Crippen LogP contribution is 2.29. The Bertz CT molecular complexity index is 765. The molecule has 1 aliphatic heterocycles. The van der Waals surface area contributed by atoms with Crippen molar-refractivity contribution in [2.24, 2.45) is 0 Å². The van der Waals surface area contributed by atoms with Crippen LogP contribution in [0.25, 0.3) is 0 Å². The van der Waals surface area contributed by atoms with E-state index in [0.717, 1.165) is 10.5 Å². The number of carbonyl (C=O) groups is 2. The van der Waals surface area contributed by atoms with E-state index in [2.05, 4.69) is 0 Å². The van der Waals surface area contributed by atoms with Crippen LogP contribution < -0.4 is 0 Å². The fourth-order valence-corrected chi connectivity index (χ4v) is 3.27. The second-order valence-corrected chi connectivity index (χ2v) is 6.29. The van der Waals surface area contributed by atoms with E-state index in [4.69, 9.17) is 16.3 Å². The van der Waals surface area contributed by atoms with Gasteiger partial charge >= 0.3 is 6.09 Å². The third-order valence-corrected chi connectivity index (χ3v) is 4.62. The Morgan fingerprint density at radius 2 is 1.88 bits per heavy atom. The quantitative estimate of drug-likeness (QED) is 0.891. The van der Waals surface area contributed by atoms with Crippen LogP contribution in [0.2, 0.25) is 5.02 Å². The van der Waals surface area contributed by atoms with Gasteiger partial charge in [0.05, 0.1) is 18.6 Å². The fourth-order valence-electron chi connectivity index (χ4n) is 3.00. The molecule has 1 N–H and O–H groups in total. The highest BCUT2D eigenvalue weighted by molar-refractivity contribution is 6.31. The molecule has 3 rings (SSSR count). The number of halogens is 1. The lowest BCUT2D eigenvalue weighted by Crippen LogP contribution is -2.43. The van der Waals surface area contributed by atoms with E-state index in [-0.39, 0.29) is 6.61 Å². The number of rotatable bonds is 5. The zero-order chi connectivity index (χ0) is 17.8. The van der Waals surface area contributed by atoms with E-state index in [0.29, 0.717) is 17.0 Å². The molecule has 0 aliphatic carbocycles. The van der Waals surface area contributed by atoms with E-state index in [1.165, 1.54) is 0 Å². The van der Waals surface area contributed by atoms with Crippen molar-refractivity contribution in [1.82, 2.24) is 4.90 Å². The van der Waals surface area contributed by atoms with Gasteiger partial charge in [-0.1, -0.05) is 60.1 Å². The molecule has 130 valence electrons. The van der Waals surface area contributed by atoms with Crippen LogP contribution in [-0.4, -0.2) is 41.3 Å². The number of aliphatic hydroxyl groups excluding tert-OH is 1. The molecule has 2 aromatic rings. The van der Waals surface area contributed by atoms with Crippen molar-refractivity contribution in [3.63, 3.8) is 0 Å². The summed E-state index contributed by atoms with van der Waals surface area (Å²) in [4.78, 5) is 26.2. The first-order chi connectivity index (χ1) is 12.1. The number of nitrogens with zero attached hydrogens (tertiary/aromatic N) is 1. The maximum atomic E-state index is 12.9. The van der Waals surface area contributed by atoms with Crippen LogP contribution in [0.5, 0.6) is 0 Å². The van der Waals surface area contributed by atoms with Gasteiger partial charge in [-0.2, -0.15) is 0 Å². The molecule has 1 saturated heterocycles. The van der Waals surface area contributed by atoms with Crippen molar-refractivity contribution in [1.29, 1.82) is 0 Å². The predicted molar refractivity (Wildman–Crippen MR) is 93.4 cm³/mol. The Morgan fingerprint density at radius 1 is 1.20 bits per heavy atom. The number of benzene rings is 2. The van der Waals surface area contributed by atoms with Crippen molar-refractivity contribution in [3.8, 4) is 0 Å². The minimum absolute atomic E-state index is 0.139. The zero-order valence-electron chi connectivity index (χ0n) is 13.5. The molecule has 2 aromatic carbocycles. The Hall–Kier alpha value is -2.37. The van der Waals surface area contributed by atoms with Crippen LogP contribution in [0.3, 0.4) is 0 Å². The smallest absolute Gasteiger partial charge is 0.417 e. The maximum absolute atomic E-state index is 12.9. The summed E-state index contributed by atoms with van der Waals surface area (Å²) in [6, 6.07) is 16.0.